The fourth-order valence-corrected chi connectivity index (χ4v) is 1.81. The molecule has 2 N–H and O–H groups in total. The number of nitrogens with one attached hydrogen (secondary N) is 2. The van der Waals surface area contributed by atoms with Crippen LogP contribution in [0.4, 0.5) is 5.69 Å². The molecule has 0 radical (unpaired) electrons. The van der Waals surface area contributed by atoms with E-state index in [0.717, 1.165) is 18.7 Å². The number of nitriles is 1. The summed E-state index contributed by atoms with van der Waals surface area (Å²) in [6, 6.07) is 6.78. The number of nitrogens with zero attached hydrogens (tertiary/aromatic N) is 1. The second-order valence-corrected chi connectivity index (χ2v) is 4.50. The Morgan fingerprint density at radius 1 is 1.50 bits per heavy atom. The molecule has 0 aliphatic carbocycles. The first-order valence-electron chi connectivity index (χ1n) is 5.52. The Morgan fingerprint density at radius 2 is 2.22 bits per heavy atom. The highest BCUT2D eigenvalue weighted by Crippen LogP contribution is 2.23. The molecular weight excluding hydrogens is 250 g/mol. The molecule has 1 aromatic carbocycles. The van der Waals surface area contributed by atoms with E-state index in [2.05, 4.69) is 10.6 Å². The van der Waals surface area contributed by atoms with Crippen molar-refractivity contribution in [2.75, 3.05) is 18.4 Å². The van der Waals surface area contributed by atoms with Gasteiger partial charge in [-0.3, -0.25) is 4.79 Å². The smallest absolute Gasteiger partial charge is 0.251 e. The molecule has 0 bridgehead atoms. The van der Waals surface area contributed by atoms with Crippen LogP contribution in [0.2, 0.25) is 5.02 Å². The molecule has 0 atom stereocenters. The van der Waals surface area contributed by atoms with E-state index in [0.29, 0.717) is 21.8 Å². The summed E-state index contributed by atoms with van der Waals surface area (Å²) in [4.78, 5) is 11.9. The van der Waals surface area contributed by atoms with Gasteiger partial charge in [0.15, 0.2) is 0 Å². The van der Waals surface area contributed by atoms with Crippen molar-refractivity contribution in [1.29, 1.82) is 5.26 Å². The molecule has 1 amide bonds. The quantitative estimate of drug-likeness (QED) is 0.801. The van der Waals surface area contributed by atoms with Crippen LogP contribution in [0.5, 0.6) is 0 Å². The predicted octanol–water partition coefficient (Wildman–Crippen LogP) is 2.07. The molecule has 1 heterocycles. The summed E-state index contributed by atoms with van der Waals surface area (Å²) >= 11 is 5.99. The highest BCUT2D eigenvalue weighted by Gasteiger charge is 2.16. The maximum absolute atomic E-state index is 11.9. The Hall–Kier alpha value is -1.83. The normalized spacial score (nSPS) is 13.5. The number of hydrogen-bond acceptors (Lipinski definition) is 3. The van der Waals surface area contributed by atoms with Crippen molar-refractivity contribution in [2.24, 2.45) is 0 Å². The van der Waals surface area contributed by atoms with Crippen LogP contribution in [0.1, 0.15) is 12.5 Å². The van der Waals surface area contributed by atoms with Gasteiger partial charge in [0.2, 0.25) is 0 Å². The van der Waals surface area contributed by atoms with Crippen LogP contribution in [0.3, 0.4) is 0 Å². The van der Waals surface area contributed by atoms with Crippen molar-refractivity contribution < 1.29 is 4.79 Å². The first-order chi connectivity index (χ1) is 8.61. The third kappa shape index (κ3) is 2.53. The van der Waals surface area contributed by atoms with Crippen LogP contribution >= 0.6 is 11.6 Å². The van der Waals surface area contributed by atoms with Crippen molar-refractivity contribution in [2.45, 2.75) is 6.92 Å². The Bertz CT molecular complexity index is 566. The summed E-state index contributed by atoms with van der Waals surface area (Å²) in [6.07, 6.45) is 0. The zero-order chi connectivity index (χ0) is 13.1. The van der Waals surface area contributed by atoms with E-state index >= 15 is 0 Å². The SMILES string of the molecule is CC(C(=O)Nc1ccc(C#N)cc1Cl)=C1CNC1. The Morgan fingerprint density at radius 3 is 2.72 bits per heavy atom. The number of carbonyl (C=O) groups excluding carboxylic acids is 1. The van der Waals surface area contributed by atoms with E-state index in [-0.39, 0.29) is 5.91 Å². The molecule has 92 valence electrons. The molecule has 18 heavy (non-hydrogen) atoms. The van der Waals surface area contributed by atoms with E-state index in [1.54, 1.807) is 19.1 Å². The molecule has 2 rings (SSSR count). The van der Waals surface area contributed by atoms with Gasteiger partial charge in [-0.15, -0.1) is 0 Å². The lowest BCUT2D eigenvalue weighted by atomic mass is 10.0. The van der Waals surface area contributed by atoms with Gasteiger partial charge in [0.1, 0.15) is 0 Å². The second-order valence-electron chi connectivity index (χ2n) is 4.09. The summed E-state index contributed by atoms with van der Waals surface area (Å²) in [6.45, 7) is 3.32. The molecule has 0 unspecified atom stereocenters. The van der Waals surface area contributed by atoms with E-state index in [1.165, 1.54) is 6.07 Å². The first-order valence-corrected chi connectivity index (χ1v) is 5.90. The fraction of sp³-hybridized carbons (Fsp3) is 0.231. The Kier molecular flexibility index (Phi) is 3.66. The summed E-state index contributed by atoms with van der Waals surface area (Å²) in [5.41, 5.74) is 2.82. The van der Waals surface area contributed by atoms with E-state index in [4.69, 9.17) is 16.9 Å². The van der Waals surface area contributed by atoms with Crippen LogP contribution in [-0.2, 0) is 4.79 Å². The number of amides is 1. The third-order valence-electron chi connectivity index (χ3n) is 2.89. The van der Waals surface area contributed by atoms with Gasteiger partial charge >= 0.3 is 0 Å². The van der Waals surface area contributed by atoms with Crippen LogP contribution in [0.25, 0.3) is 0 Å². The standard InChI is InChI=1S/C13H12ClN3O/c1-8(10-6-16-7-10)13(18)17-12-3-2-9(5-15)4-11(12)14/h2-4,16H,6-7H2,1H3,(H,17,18). The topological polar surface area (TPSA) is 64.9 Å². The molecule has 1 fully saturated rings. The Labute approximate surface area is 110 Å². The monoisotopic (exact) mass is 261 g/mol. The lowest BCUT2D eigenvalue weighted by Crippen LogP contribution is -2.36. The molecule has 1 aliphatic rings. The molecule has 4 nitrogen and oxygen atoms in total. The van der Waals surface area contributed by atoms with Gasteiger partial charge in [0.25, 0.3) is 5.91 Å². The molecule has 0 aromatic heterocycles. The fourth-order valence-electron chi connectivity index (χ4n) is 1.58. The van der Waals surface area contributed by atoms with E-state index in [9.17, 15) is 4.79 Å². The Balaban J connectivity index is 2.15. The number of hydrogen-bond donors (Lipinski definition) is 2. The second kappa shape index (κ2) is 5.21. The van der Waals surface area contributed by atoms with E-state index in [1.807, 2.05) is 6.07 Å². The number of carbonyl (C=O) groups is 1. The molecule has 5 heteroatoms. The molecule has 0 spiro atoms. The van der Waals surface area contributed by atoms with Crippen molar-refractivity contribution in [1.82, 2.24) is 5.32 Å². The lowest BCUT2D eigenvalue weighted by Gasteiger charge is -2.21. The van der Waals surface area contributed by atoms with Gasteiger partial charge in [0.05, 0.1) is 22.3 Å². The molecule has 1 saturated heterocycles. The average Bonchev–Trinajstić information content (AvgIpc) is 2.29. The first kappa shape index (κ1) is 12.6. The van der Waals surface area contributed by atoms with Crippen molar-refractivity contribution in [3.63, 3.8) is 0 Å². The summed E-state index contributed by atoms with van der Waals surface area (Å²) in [5.74, 6) is -0.155. The summed E-state index contributed by atoms with van der Waals surface area (Å²) in [5, 5.41) is 14.9. The van der Waals surface area contributed by atoms with Gasteiger partial charge in [-0.25, -0.2) is 0 Å². The van der Waals surface area contributed by atoms with Crippen molar-refractivity contribution in [3.05, 3.63) is 39.9 Å². The minimum Gasteiger partial charge on any atom is -0.321 e. The minimum atomic E-state index is -0.155. The number of halogens is 1. The zero-order valence-corrected chi connectivity index (χ0v) is 10.6. The maximum Gasteiger partial charge on any atom is 0.251 e. The molecule has 0 saturated carbocycles. The zero-order valence-electron chi connectivity index (χ0n) is 9.88. The number of anilines is 1. The van der Waals surface area contributed by atoms with Crippen LogP contribution in [0, 0.1) is 11.3 Å². The minimum absolute atomic E-state index is 0.155. The van der Waals surface area contributed by atoms with Gasteiger partial charge in [-0.05, 0) is 30.7 Å². The average molecular weight is 262 g/mol. The van der Waals surface area contributed by atoms with Gasteiger partial charge < -0.3 is 10.6 Å². The van der Waals surface area contributed by atoms with Crippen molar-refractivity contribution >= 4 is 23.2 Å². The molecule has 1 aromatic rings. The summed E-state index contributed by atoms with van der Waals surface area (Å²) in [7, 11) is 0. The highest BCUT2D eigenvalue weighted by atomic mass is 35.5. The van der Waals surface area contributed by atoms with Crippen molar-refractivity contribution in [3.8, 4) is 6.07 Å². The lowest BCUT2D eigenvalue weighted by molar-refractivity contribution is -0.112. The summed E-state index contributed by atoms with van der Waals surface area (Å²) < 4.78 is 0. The maximum atomic E-state index is 11.9. The van der Waals surface area contributed by atoms with Gasteiger partial charge in [0, 0.05) is 18.7 Å². The van der Waals surface area contributed by atoms with Crippen LogP contribution < -0.4 is 10.6 Å². The largest absolute Gasteiger partial charge is 0.321 e. The van der Waals surface area contributed by atoms with Crippen LogP contribution in [0.15, 0.2) is 29.3 Å². The van der Waals surface area contributed by atoms with Crippen LogP contribution in [-0.4, -0.2) is 19.0 Å². The number of rotatable bonds is 2. The van der Waals surface area contributed by atoms with Gasteiger partial charge in [-0.2, -0.15) is 5.26 Å². The molecule has 1 aliphatic heterocycles. The molecular formula is C13H12ClN3O. The third-order valence-corrected chi connectivity index (χ3v) is 3.21. The van der Waals surface area contributed by atoms with Gasteiger partial charge in [-0.1, -0.05) is 11.6 Å². The number of benzene rings is 1. The predicted molar refractivity (Wildman–Crippen MR) is 70.4 cm³/mol. The van der Waals surface area contributed by atoms with E-state index < -0.39 is 0 Å². The highest BCUT2D eigenvalue weighted by molar-refractivity contribution is 6.34.